The molecule has 7 heteroatoms. The zero-order valence-electron chi connectivity index (χ0n) is 12.0. The number of rotatable bonds is 3. The molecule has 0 bridgehead atoms. The highest BCUT2D eigenvalue weighted by atomic mass is 19.3. The molecule has 1 saturated heterocycles. The van der Waals surface area contributed by atoms with Crippen LogP contribution in [0, 0.1) is 5.92 Å². The Morgan fingerprint density at radius 2 is 1.75 bits per heavy atom. The number of carboxylic acids is 1. The van der Waals surface area contributed by atoms with E-state index < -0.39 is 35.9 Å². The van der Waals surface area contributed by atoms with Gasteiger partial charge in [-0.1, -0.05) is 0 Å². The Labute approximate surface area is 116 Å². The smallest absolute Gasteiger partial charge is 0.410 e. The number of carbonyl (C=O) groups is 2. The highest BCUT2D eigenvalue weighted by Gasteiger charge is 2.43. The van der Waals surface area contributed by atoms with Crippen molar-refractivity contribution in [2.45, 2.75) is 51.6 Å². The zero-order chi connectivity index (χ0) is 15.6. The summed E-state index contributed by atoms with van der Waals surface area (Å²) in [6.45, 7) is 5.53. The minimum Gasteiger partial charge on any atom is -0.481 e. The second kappa shape index (κ2) is 5.93. The fourth-order valence-electron chi connectivity index (χ4n) is 2.16. The Morgan fingerprint density at radius 3 is 2.15 bits per heavy atom. The van der Waals surface area contributed by atoms with Crippen LogP contribution in [0.1, 0.15) is 40.0 Å². The monoisotopic (exact) mass is 293 g/mol. The molecule has 1 N–H and O–H groups in total. The summed E-state index contributed by atoms with van der Waals surface area (Å²) < 4.78 is 32.5. The molecule has 0 radical (unpaired) electrons. The van der Waals surface area contributed by atoms with Gasteiger partial charge < -0.3 is 14.7 Å². The number of alkyl halides is 2. The Morgan fingerprint density at radius 1 is 1.25 bits per heavy atom. The third-order valence-corrected chi connectivity index (χ3v) is 3.13. The van der Waals surface area contributed by atoms with Crippen LogP contribution in [0.25, 0.3) is 0 Å². The fourth-order valence-corrected chi connectivity index (χ4v) is 2.16. The molecule has 0 unspecified atom stereocenters. The van der Waals surface area contributed by atoms with Crippen LogP contribution in [0.4, 0.5) is 13.6 Å². The third-order valence-electron chi connectivity index (χ3n) is 3.13. The number of hydrogen-bond acceptors (Lipinski definition) is 3. The molecule has 0 aromatic rings. The SMILES string of the molecule is CC(C)(C)OC(=O)N1CCC(C(F)(F)CC(=O)O)CC1. The second-order valence-corrected chi connectivity index (χ2v) is 6.07. The summed E-state index contributed by atoms with van der Waals surface area (Å²) in [4.78, 5) is 23.6. The zero-order valence-corrected chi connectivity index (χ0v) is 12.0. The Bertz CT molecular complexity index is 371. The molecule has 1 amide bonds. The summed E-state index contributed by atoms with van der Waals surface area (Å²) in [6, 6.07) is 0. The first-order chi connectivity index (χ1) is 9.01. The van der Waals surface area contributed by atoms with Crippen LogP contribution in [0.5, 0.6) is 0 Å². The molecule has 5 nitrogen and oxygen atoms in total. The second-order valence-electron chi connectivity index (χ2n) is 6.07. The molecule has 0 saturated carbocycles. The van der Waals surface area contributed by atoms with Gasteiger partial charge in [-0.2, -0.15) is 0 Å². The van der Waals surface area contributed by atoms with Gasteiger partial charge in [-0.3, -0.25) is 4.79 Å². The van der Waals surface area contributed by atoms with E-state index in [1.807, 2.05) is 0 Å². The molecule has 116 valence electrons. The molecular formula is C13H21F2NO4. The van der Waals surface area contributed by atoms with Gasteiger partial charge in [0, 0.05) is 19.0 Å². The summed E-state index contributed by atoms with van der Waals surface area (Å²) in [5.74, 6) is -5.74. The number of nitrogens with zero attached hydrogens (tertiary/aromatic N) is 1. The lowest BCUT2D eigenvalue weighted by atomic mass is 9.89. The average Bonchev–Trinajstić information content (AvgIpc) is 2.25. The average molecular weight is 293 g/mol. The molecule has 0 aromatic carbocycles. The number of carboxylic acid groups (broad SMARTS) is 1. The first-order valence-corrected chi connectivity index (χ1v) is 6.59. The Hall–Kier alpha value is -1.40. The summed E-state index contributed by atoms with van der Waals surface area (Å²) in [6.07, 6.45) is -1.51. The van der Waals surface area contributed by atoms with Crippen molar-refractivity contribution < 1.29 is 28.2 Å². The Kier molecular flexibility index (Phi) is 4.94. The molecular weight excluding hydrogens is 272 g/mol. The molecule has 0 aromatic heterocycles. The van der Waals surface area contributed by atoms with Crippen molar-refractivity contribution in [3.63, 3.8) is 0 Å². The molecule has 20 heavy (non-hydrogen) atoms. The number of halogens is 2. The lowest BCUT2D eigenvalue weighted by Crippen LogP contribution is -2.45. The first-order valence-electron chi connectivity index (χ1n) is 6.59. The van der Waals surface area contributed by atoms with Crippen molar-refractivity contribution in [1.82, 2.24) is 4.90 Å². The highest BCUT2D eigenvalue weighted by molar-refractivity contribution is 5.68. The molecule has 1 aliphatic rings. The van der Waals surface area contributed by atoms with E-state index in [9.17, 15) is 18.4 Å². The van der Waals surface area contributed by atoms with Gasteiger partial charge in [0.2, 0.25) is 0 Å². The number of hydrogen-bond donors (Lipinski definition) is 1. The molecule has 1 rings (SSSR count). The molecule has 1 fully saturated rings. The number of carbonyl (C=O) groups excluding carboxylic acids is 1. The molecule has 0 atom stereocenters. The van der Waals surface area contributed by atoms with Crippen LogP contribution in [0.3, 0.4) is 0 Å². The molecule has 1 aliphatic heterocycles. The van der Waals surface area contributed by atoms with Gasteiger partial charge in [0.1, 0.15) is 12.0 Å². The minimum atomic E-state index is -3.23. The topological polar surface area (TPSA) is 66.8 Å². The number of ether oxygens (including phenoxy) is 1. The van der Waals surface area contributed by atoms with Crippen molar-refractivity contribution in [3.8, 4) is 0 Å². The standard InChI is InChI=1S/C13H21F2NO4/c1-12(2,3)20-11(19)16-6-4-9(5-7-16)13(14,15)8-10(17)18/h9H,4-8H2,1-3H3,(H,17,18). The van der Waals surface area contributed by atoms with Crippen molar-refractivity contribution in [1.29, 1.82) is 0 Å². The van der Waals surface area contributed by atoms with E-state index in [0.717, 1.165) is 0 Å². The van der Waals surface area contributed by atoms with E-state index in [4.69, 9.17) is 9.84 Å². The summed E-state index contributed by atoms with van der Waals surface area (Å²) in [7, 11) is 0. The predicted molar refractivity (Wildman–Crippen MR) is 67.7 cm³/mol. The molecule has 1 heterocycles. The van der Waals surface area contributed by atoms with Crippen molar-refractivity contribution >= 4 is 12.1 Å². The highest BCUT2D eigenvalue weighted by Crippen LogP contribution is 2.36. The van der Waals surface area contributed by atoms with Gasteiger partial charge in [-0.25, -0.2) is 13.6 Å². The van der Waals surface area contributed by atoms with Gasteiger partial charge in [0.05, 0.1) is 0 Å². The Balaban J connectivity index is 2.51. The van der Waals surface area contributed by atoms with E-state index in [2.05, 4.69) is 0 Å². The van der Waals surface area contributed by atoms with Crippen LogP contribution < -0.4 is 0 Å². The van der Waals surface area contributed by atoms with Crippen molar-refractivity contribution in [3.05, 3.63) is 0 Å². The summed E-state index contributed by atoms with van der Waals surface area (Å²) in [5, 5.41) is 8.48. The lowest BCUT2D eigenvalue weighted by Gasteiger charge is -2.36. The summed E-state index contributed by atoms with van der Waals surface area (Å²) in [5.41, 5.74) is -0.624. The van der Waals surface area contributed by atoms with E-state index in [1.54, 1.807) is 20.8 Å². The van der Waals surface area contributed by atoms with Crippen LogP contribution in [-0.2, 0) is 9.53 Å². The van der Waals surface area contributed by atoms with Gasteiger partial charge in [0.15, 0.2) is 0 Å². The van der Waals surface area contributed by atoms with Gasteiger partial charge >= 0.3 is 12.1 Å². The largest absolute Gasteiger partial charge is 0.481 e. The third kappa shape index (κ3) is 4.94. The fraction of sp³-hybridized carbons (Fsp3) is 0.846. The first kappa shape index (κ1) is 16.7. The van der Waals surface area contributed by atoms with Gasteiger partial charge in [-0.05, 0) is 33.6 Å². The predicted octanol–water partition coefficient (Wildman–Crippen LogP) is 2.74. The number of amides is 1. The maximum absolute atomic E-state index is 13.6. The molecule has 0 spiro atoms. The lowest BCUT2D eigenvalue weighted by molar-refractivity contribution is -0.151. The van der Waals surface area contributed by atoms with Gasteiger partial charge in [-0.15, -0.1) is 0 Å². The number of aliphatic carboxylic acids is 1. The maximum atomic E-state index is 13.6. The summed E-state index contributed by atoms with van der Waals surface area (Å²) >= 11 is 0. The van der Waals surface area contributed by atoms with E-state index in [0.29, 0.717) is 0 Å². The van der Waals surface area contributed by atoms with Crippen LogP contribution in [0.2, 0.25) is 0 Å². The quantitative estimate of drug-likeness (QED) is 0.869. The van der Waals surface area contributed by atoms with E-state index >= 15 is 0 Å². The van der Waals surface area contributed by atoms with E-state index in [1.165, 1.54) is 4.90 Å². The van der Waals surface area contributed by atoms with Crippen LogP contribution >= 0.6 is 0 Å². The molecule has 0 aliphatic carbocycles. The van der Waals surface area contributed by atoms with E-state index in [-0.39, 0.29) is 25.9 Å². The van der Waals surface area contributed by atoms with Crippen LogP contribution in [-0.4, -0.2) is 46.7 Å². The number of likely N-dealkylation sites (tertiary alicyclic amines) is 1. The maximum Gasteiger partial charge on any atom is 0.410 e. The van der Waals surface area contributed by atoms with Crippen molar-refractivity contribution in [2.75, 3.05) is 13.1 Å². The van der Waals surface area contributed by atoms with Gasteiger partial charge in [0.25, 0.3) is 5.92 Å². The van der Waals surface area contributed by atoms with Crippen molar-refractivity contribution in [2.24, 2.45) is 5.92 Å². The minimum absolute atomic E-state index is 0.0829. The number of piperidine rings is 1. The van der Waals surface area contributed by atoms with Crippen LogP contribution in [0.15, 0.2) is 0 Å². The normalized spacial score (nSPS) is 17.9.